The first-order chi connectivity index (χ1) is 15.1. The second kappa shape index (κ2) is 8.55. The fraction of sp³-hybridized carbons (Fsp3) is 0.391. The van der Waals surface area contributed by atoms with E-state index in [4.69, 9.17) is 0 Å². The van der Waals surface area contributed by atoms with Gasteiger partial charge in [-0.25, -0.2) is 4.98 Å². The molecule has 9 heteroatoms. The topological polar surface area (TPSA) is 66.2 Å². The lowest BCUT2D eigenvalue weighted by molar-refractivity contribution is -0.137. The van der Waals surface area contributed by atoms with Gasteiger partial charge in [-0.2, -0.15) is 18.2 Å². The zero-order valence-corrected chi connectivity index (χ0v) is 18.2. The number of hydrogen-bond acceptors (Lipinski definition) is 5. The van der Waals surface area contributed by atoms with Crippen LogP contribution in [-0.2, 0) is 12.7 Å². The Morgan fingerprint density at radius 2 is 1.84 bits per heavy atom. The van der Waals surface area contributed by atoms with Crippen molar-refractivity contribution < 1.29 is 18.3 Å². The van der Waals surface area contributed by atoms with Gasteiger partial charge in [-0.3, -0.25) is 4.90 Å². The molecule has 1 aromatic carbocycles. The second-order valence-electron chi connectivity index (χ2n) is 8.48. The molecule has 2 N–H and O–H groups in total. The van der Waals surface area contributed by atoms with Crippen LogP contribution in [0.1, 0.15) is 34.2 Å². The van der Waals surface area contributed by atoms with Crippen molar-refractivity contribution in [2.75, 3.05) is 18.4 Å². The van der Waals surface area contributed by atoms with Crippen molar-refractivity contribution in [3.63, 3.8) is 0 Å². The number of anilines is 2. The Morgan fingerprint density at radius 1 is 1.12 bits per heavy atom. The number of halogens is 3. The van der Waals surface area contributed by atoms with Gasteiger partial charge in [0, 0.05) is 43.9 Å². The summed E-state index contributed by atoms with van der Waals surface area (Å²) in [6.07, 6.45) is -0.0881. The van der Waals surface area contributed by atoms with Gasteiger partial charge >= 0.3 is 6.18 Å². The second-order valence-corrected chi connectivity index (χ2v) is 8.48. The minimum absolute atomic E-state index is 0.0913. The summed E-state index contributed by atoms with van der Waals surface area (Å²) in [6, 6.07) is 5.78. The Kier molecular flexibility index (Phi) is 5.96. The van der Waals surface area contributed by atoms with Gasteiger partial charge in [0.25, 0.3) is 0 Å². The molecule has 2 aromatic heterocycles. The molecule has 1 aliphatic rings. The molecule has 3 heterocycles. The van der Waals surface area contributed by atoms with Crippen LogP contribution in [0.4, 0.5) is 24.8 Å². The van der Waals surface area contributed by atoms with Gasteiger partial charge in [0.1, 0.15) is 5.56 Å². The standard InChI is InChI=1S/C23H26F3N5O/c1-14-6-15(2)8-18(7-14)28-22-27-9-20(23(24,25)26)21(29-22)31-10-16(3)17(12-31)11-30-5-4-19(32)13-30/h6-10,12,19,32H,4-5,11,13H2,1-3H3,(H,27,28,29)/t19-/m1/s1. The number of hydrogen-bond donors (Lipinski definition) is 2. The number of aliphatic hydroxyl groups excluding tert-OH is 1. The third-order valence-electron chi connectivity index (χ3n) is 5.57. The van der Waals surface area contributed by atoms with Gasteiger partial charge < -0.3 is 15.0 Å². The highest BCUT2D eigenvalue weighted by Crippen LogP contribution is 2.34. The van der Waals surface area contributed by atoms with Crippen molar-refractivity contribution in [3.8, 4) is 5.82 Å². The first kappa shape index (κ1) is 22.3. The maximum absolute atomic E-state index is 13.7. The van der Waals surface area contributed by atoms with Crippen LogP contribution in [0.25, 0.3) is 5.82 Å². The predicted molar refractivity (Wildman–Crippen MR) is 116 cm³/mol. The average molecular weight is 445 g/mol. The molecule has 0 bridgehead atoms. The monoisotopic (exact) mass is 445 g/mol. The lowest BCUT2D eigenvalue weighted by Gasteiger charge is -2.15. The number of aryl methyl sites for hydroxylation is 3. The molecule has 170 valence electrons. The SMILES string of the molecule is Cc1cc(C)cc(Nc2ncc(C(F)(F)F)c(-n3cc(C)c(CN4CC[C@@H](O)C4)c3)n2)c1. The molecule has 0 unspecified atom stereocenters. The van der Waals surface area contributed by atoms with E-state index in [2.05, 4.69) is 20.2 Å². The lowest BCUT2D eigenvalue weighted by atomic mass is 10.1. The van der Waals surface area contributed by atoms with E-state index in [-0.39, 0.29) is 17.9 Å². The molecule has 1 atom stereocenters. The lowest BCUT2D eigenvalue weighted by Crippen LogP contribution is -2.21. The maximum Gasteiger partial charge on any atom is 0.421 e. The van der Waals surface area contributed by atoms with Crippen molar-refractivity contribution in [2.24, 2.45) is 0 Å². The summed E-state index contributed by atoms with van der Waals surface area (Å²) >= 11 is 0. The number of likely N-dealkylation sites (tertiary alicyclic amines) is 1. The largest absolute Gasteiger partial charge is 0.421 e. The van der Waals surface area contributed by atoms with Gasteiger partial charge in [0.15, 0.2) is 5.82 Å². The van der Waals surface area contributed by atoms with Gasteiger partial charge in [-0.05, 0) is 61.6 Å². The average Bonchev–Trinajstić information content (AvgIpc) is 3.26. The number of rotatable bonds is 5. The maximum atomic E-state index is 13.7. The zero-order chi connectivity index (χ0) is 23.0. The molecule has 32 heavy (non-hydrogen) atoms. The fourth-order valence-electron chi connectivity index (χ4n) is 4.09. The third-order valence-corrected chi connectivity index (χ3v) is 5.57. The van der Waals surface area contributed by atoms with Gasteiger partial charge in [-0.15, -0.1) is 0 Å². The number of benzene rings is 1. The Balaban J connectivity index is 1.68. The van der Waals surface area contributed by atoms with E-state index < -0.39 is 11.7 Å². The normalized spacial score (nSPS) is 17.2. The van der Waals surface area contributed by atoms with Crippen molar-refractivity contribution in [3.05, 3.63) is 64.6 Å². The Morgan fingerprint density at radius 3 is 2.47 bits per heavy atom. The molecule has 1 saturated heterocycles. The van der Waals surface area contributed by atoms with Crippen LogP contribution in [0.2, 0.25) is 0 Å². The Hall–Kier alpha value is -2.91. The minimum atomic E-state index is -4.59. The summed E-state index contributed by atoms with van der Waals surface area (Å²) in [5, 5.41) is 12.8. The number of alkyl halides is 3. The van der Waals surface area contributed by atoms with Crippen LogP contribution in [0.5, 0.6) is 0 Å². The molecule has 4 rings (SSSR count). The minimum Gasteiger partial charge on any atom is -0.392 e. The predicted octanol–water partition coefficient (Wildman–Crippen LogP) is 4.52. The first-order valence-electron chi connectivity index (χ1n) is 10.5. The number of aliphatic hydroxyl groups is 1. The number of aromatic nitrogens is 3. The highest BCUT2D eigenvalue weighted by molar-refractivity contribution is 5.57. The fourth-order valence-corrected chi connectivity index (χ4v) is 4.09. The zero-order valence-electron chi connectivity index (χ0n) is 18.2. The molecule has 0 radical (unpaired) electrons. The van der Waals surface area contributed by atoms with Crippen LogP contribution in [0.3, 0.4) is 0 Å². The van der Waals surface area contributed by atoms with Crippen LogP contribution in [0, 0.1) is 20.8 Å². The van der Waals surface area contributed by atoms with E-state index in [9.17, 15) is 18.3 Å². The van der Waals surface area contributed by atoms with E-state index in [1.807, 2.05) is 39.0 Å². The van der Waals surface area contributed by atoms with Crippen LogP contribution < -0.4 is 5.32 Å². The summed E-state index contributed by atoms with van der Waals surface area (Å²) in [4.78, 5) is 10.2. The molecule has 1 aliphatic heterocycles. The van der Waals surface area contributed by atoms with Crippen molar-refractivity contribution in [2.45, 2.75) is 46.0 Å². The molecule has 1 fully saturated rings. The number of nitrogens with zero attached hydrogens (tertiary/aromatic N) is 4. The van der Waals surface area contributed by atoms with Gasteiger partial charge in [0.05, 0.1) is 6.10 Å². The molecule has 6 nitrogen and oxygen atoms in total. The van der Waals surface area contributed by atoms with Crippen LogP contribution in [0.15, 0.2) is 36.8 Å². The highest BCUT2D eigenvalue weighted by atomic mass is 19.4. The van der Waals surface area contributed by atoms with E-state index in [0.717, 1.165) is 35.0 Å². The Bertz CT molecular complexity index is 1110. The summed E-state index contributed by atoms with van der Waals surface area (Å²) in [6.45, 7) is 7.64. The highest BCUT2D eigenvalue weighted by Gasteiger charge is 2.36. The van der Waals surface area contributed by atoms with Gasteiger partial charge in [0.2, 0.25) is 5.95 Å². The third kappa shape index (κ3) is 4.94. The molecular formula is C23H26F3N5O. The van der Waals surface area contributed by atoms with E-state index in [1.165, 1.54) is 4.57 Å². The molecular weight excluding hydrogens is 419 g/mol. The first-order valence-corrected chi connectivity index (χ1v) is 10.5. The van der Waals surface area contributed by atoms with Crippen molar-refractivity contribution in [1.29, 1.82) is 0 Å². The van der Waals surface area contributed by atoms with Crippen LogP contribution >= 0.6 is 0 Å². The van der Waals surface area contributed by atoms with Crippen LogP contribution in [-0.4, -0.2) is 43.7 Å². The molecule has 0 amide bonds. The molecule has 3 aromatic rings. The van der Waals surface area contributed by atoms with Gasteiger partial charge in [-0.1, -0.05) is 6.07 Å². The van der Waals surface area contributed by atoms with E-state index in [1.54, 1.807) is 12.4 Å². The summed E-state index contributed by atoms with van der Waals surface area (Å²) in [5.74, 6) is -0.135. The smallest absolute Gasteiger partial charge is 0.392 e. The van der Waals surface area contributed by atoms with E-state index >= 15 is 0 Å². The van der Waals surface area contributed by atoms with E-state index in [0.29, 0.717) is 25.2 Å². The molecule has 0 saturated carbocycles. The number of β-amino-alcohol motifs (C(OH)–C–C–N with tert-alkyl or cyclic N) is 1. The molecule has 0 spiro atoms. The molecule has 0 aliphatic carbocycles. The summed E-state index contributed by atoms with van der Waals surface area (Å²) in [5.41, 5.74) is 3.62. The van der Waals surface area contributed by atoms with Crippen molar-refractivity contribution in [1.82, 2.24) is 19.4 Å². The number of nitrogens with one attached hydrogen (secondary N) is 1. The summed E-state index contributed by atoms with van der Waals surface area (Å²) < 4.78 is 42.6. The summed E-state index contributed by atoms with van der Waals surface area (Å²) in [7, 11) is 0. The van der Waals surface area contributed by atoms with Crippen molar-refractivity contribution >= 4 is 11.6 Å². The quantitative estimate of drug-likeness (QED) is 0.605. The Labute approximate surface area is 184 Å².